The highest BCUT2D eigenvalue weighted by molar-refractivity contribution is 8.05. The molecule has 0 aromatic rings. The second-order valence-electron chi connectivity index (χ2n) is 2.84. The first-order valence-corrected chi connectivity index (χ1v) is 4.88. The van der Waals surface area contributed by atoms with Gasteiger partial charge in [-0.2, -0.15) is 0 Å². The van der Waals surface area contributed by atoms with Crippen LogP contribution in [0.1, 0.15) is 0 Å². The van der Waals surface area contributed by atoms with Gasteiger partial charge in [-0.3, -0.25) is 4.79 Å². The first-order valence-electron chi connectivity index (χ1n) is 4.00. The van der Waals surface area contributed by atoms with Gasteiger partial charge in [0.05, 0.1) is 0 Å². The maximum atomic E-state index is 10.9. The van der Waals surface area contributed by atoms with Crippen molar-refractivity contribution < 1.29 is 4.79 Å². The highest BCUT2D eigenvalue weighted by Crippen LogP contribution is 2.38. The van der Waals surface area contributed by atoms with E-state index < -0.39 is 0 Å². The average molecular weight is 191 g/mol. The van der Waals surface area contributed by atoms with E-state index in [1.807, 2.05) is 36.5 Å². The minimum Gasteiger partial charge on any atom is -0.368 e. The molecule has 1 unspecified atom stereocenters. The zero-order chi connectivity index (χ0) is 9.26. The smallest absolute Gasteiger partial charge is 0.234 e. The number of carbonyl (C=O) groups is 1. The van der Waals surface area contributed by atoms with E-state index in [0.717, 1.165) is 10.5 Å². The molecule has 0 saturated heterocycles. The number of hydrogen-bond donors (Lipinski definition) is 1. The zero-order valence-corrected chi connectivity index (χ0v) is 7.75. The van der Waals surface area contributed by atoms with Gasteiger partial charge in [0.15, 0.2) is 0 Å². The SMILES string of the molecule is NC(=O)C1C=C2C=CC=CC=C2S1. The molecule has 2 N–H and O–H groups in total. The molecule has 13 heavy (non-hydrogen) atoms. The van der Waals surface area contributed by atoms with E-state index in [0.29, 0.717) is 0 Å². The van der Waals surface area contributed by atoms with Gasteiger partial charge in [-0.05, 0) is 11.6 Å². The van der Waals surface area contributed by atoms with Crippen molar-refractivity contribution in [3.63, 3.8) is 0 Å². The van der Waals surface area contributed by atoms with Crippen molar-refractivity contribution in [2.45, 2.75) is 5.25 Å². The number of hydrogen-bond acceptors (Lipinski definition) is 2. The number of rotatable bonds is 1. The van der Waals surface area contributed by atoms with Crippen molar-refractivity contribution in [1.29, 1.82) is 0 Å². The predicted molar refractivity (Wildman–Crippen MR) is 55.0 cm³/mol. The van der Waals surface area contributed by atoms with Gasteiger partial charge in [0, 0.05) is 4.91 Å². The van der Waals surface area contributed by atoms with Crippen LogP contribution >= 0.6 is 11.8 Å². The number of amides is 1. The average Bonchev–Trinajstić information content (AvgIpc) is 2.38. The molecule has 66 valence electrons. The summed E-state index contributed by atoms with van der Waals surface area (Å²) in [7, 11) is 0. The van der Waals surface area contributed by atoms with E-state index in [1.165, 1.54) is 11.8 Å². The van der Waals surface area contributed by atoms with Gasteiger partial charge in [-0.15, -0.1) is 11.8 Å². The molecule has 1 atom stereocenters. The highest BCUT2D eigenvalue weighted by atomic mass is 32.2. The summed E-state index contributed by atoms with van der Waals surface area (Å²) >= 11 is 1.51. The maximum Gasteiger partial charge on any atom is 0.234 e. The van der Waals surface area contributed by atoms with Gasteiger partial charge < -0.3 is 5.73 Å². The third-order valence-corrected chi connectivity index (χ3v) is 3.14. The fourth-order valence-corrected chi connectivity index (χ4v) is 2.30. The normalized spacial score (nSPS) is 24.8. The van der Waals surface area contributed by atoms with Crippen molar-refractivity contribution in [3.05, 3.63) is 46.9 Å². The Hall–Kier alpha value is -1.22. The third-order valence-electron chi connectivity index (χ3n) is 1.90. The molecule has 0 radical (unpaired) electrons. The minimum atomic E-state index is -0.274. The molecule has 1 heterocycles. The van der Waals surface area contributed by atoms with Crippen LogP contribution in [0.2, 0.25) is 0 Å². The Morgan fingerprint density at radius 2 is 2.23 bits per heavy atom. The molecular weight excluding hydrogens is 182 g/mol. The second-order valence-corrected chi connectivity index (χ2v) is 4.02. The molecule has 0 aromatic heterocycles. The number of allylic oxidation sites excluding steroid dienone is 6. The number of primary amides is 1. The van der Waals surface area contributed by atoms with Crippen LogP contribution in [0.3, 0.4) is 0 Å². The molecule has 0 saturated carbocycles. The summed E-state index contributed by atoms with van der Waals surface area (Å²) in [6.07, 6.45) is 11.8. The van der Waals surface area contributed by atoms with Crippen LogP contribution in [-0.4, -0.2) is 11.2 Å². The van der Waals surface area contributed by atoms with Crippen LogP contribution in [-0.2, 0) is 4.79 Å². The monoisotopic (exact) mass is 191 g/mol. The van der Waals surface area contributed by atoms with Crippen molar-refractivity contribution in [2.24, 2.45) is 5.73 Å². The van der Waals surface area contributed by atoms with Gasteiger partial charge in [0.2, 0.25) is 5.91 Å². The highest BCUT2D eigenvalue weighted by Gasteiger charge is 2.23. The summed E-state index contributed by atoms with van der Waals surface area (Å²) in [6, 6.07) is 0. The number of thioether (sulfide) groups is 1. The zero-order valence-electron chi connectivity index (χ0n) is 6.94. The van der Waals surface area contributed by atoms with Crippen LogP contribution in [0.5, 0.6) is 0 Å². The lowest BCUT2D eigenvalue weighted by Crippen LogP contribution is -2.22. The minimum absolute atomic E-state index is 0.197. The lowest BCUT2D eigenvalue weighted by Gasteiger charge is -1.99. The number of fused-ring (bicyclic) bond motifs is 1. The molecule has 1 aliphatic carbocycles. The fraction of sp³-hybridized carbons (Fsp3) is 0.100. The predicted octanol–water partition coefficient (Wildman–Crippen LogP) is 1.52. The standard InChI is InChI=1S/C10H9NOS/c11-10(12)9-6-7-4-2-1-3-5-8(7)13-9/h1-6,9H,(H2,11,12). The molecular formula is C10H9NOS. The van der Waals surface area contributed by atoms with E-state index in [9.17, 15) is 4.79 Å². The Kier molecular flexibility index (Phi) is 2.10. The first-order chi connectivity index (χ1) is 6.27. The Morgan fingerprint density at radius 3 is 3.00 bits per heavy atom. The Bertz CT molecular complexity index is 363. The molecule has 0 fully saturated rings. The van der Waals surface area contributed by atoms with Gasteiger partial charge >= 0.3 is 0 Å². The van der Waals surface area contributed by atoms with Gasteiger partial charge in [0.1, 0.15) is 5.25 Å². The summed E-state index contributed by atoms with van der Waals surface area (Å²) in [5.74, 6) is -0.274. The fourth-order valence-electron chi connectivity index (χ4n) is 1.26. The van der Waals surface area contributed by atoms with Crippen LogP contribution in [0, 0.1) is 0 Å². The molecule has 2 aliphatic rings. The lowest BCUT2D eigenvalue weighted by molar-refractivity contribution is -0.116. The molecule has 1 amide bonds. The summed E-state index contributed by atoms with van der Waals surface area (Å²) in [5.41, 5.74) is 6.31. The summed E-state index contributed by atoms with van der Waals surface area (Å²) in [4.78, 5) is 12.0. The Labute approximate surface area is 80.9 Å². The molecule has 3 heteroatoms. The molecule has 0 bridgehead atoms. The van der Waals surface area contributed by atoms with Crippen LogP contribution < -0.4 is 5.73 Å². The van der Waals surface area contributed by atoms with E-state index in [2.05, 4.69) is 0 Å². The van der Waals surface area contributed by atoms with Crippen molar-refractivity contribution >= 4 is 17.7 Å². The van der Waals surface area contributed by atoms with E-state index in [1.54, 1.807) is 0 Å². The molecule has 0 aromatic carbocycles. The van der Waals surface area contributed by atoms with Crippen LogP contribution in [0.25, 0.3) is 0 Å². The Morgan fingerprint density at radius 1 is 1.38 bits per heavy atom. The Balaban J connectivity index is 2.31. The lowest BCUT2D eigenvalue weighted by atomic mass is 10.2. The summed E-state index contributed by atoms with van der Waals surface area (Å²) < 4.78 is 0. The number of carbonyl (C=O) groups excluding carboxylic acids is 1. The topological polar surface area (TPSA) is 43.1 Å². The van der Waals surface area contributed by atoms with E-state index in [4.69, 9.17) is 5.73 Å². The van der Waals surface area contributed by atoms with Gasteiger partial charge in [-0.25, -0.2) is 0 Å². The quantitative estimate of drug-likeness (QED) is 0.683. The van der Waals surface area contributed by atoms with Crippen molar-refractivity contribution in [1.82, 2.24) is 0 Å². The third kappa shape index (κ3) is 1.60. The molecule has 1 aliphatic heterocycles. The van der Waals surface area contributed by atoms with Crippen LogP contribution in [0.4, 0.5) is 0 Å². The van der Waals surface area contributed by atoms with Gasteiger partial charge in [-0.1, -0.05) is 30.4 Å². The molecule has 2 rings (SSSR count). The maximum absolute atomic E-state index is 10.9. The summed E-state index contributed by atoms with van der Waals surface area (Å²) in [6.45, 7) is 0. The number of nitrogens with two attached hydrogens (primary N) is 1. The van der Waals surface area contributed by atoms with Gasteiger partial charge in [0.25, 0.3) is 0 Å². The largest absolute Gasteiger partial charge is 0.368 e. The first kappa shape index (κ1) is 8.38. The van der Waals surface area contributed by atoms with E-state index in [-0.39, 0.29) is 11.2 Å². The van der Waals surface area contributed by atoms with Crippen molar-refractivity contribution in [2.75, 3.05) is 0 Å². The second kappa shape index (κ2) is 3.26. The summed E-state index contributed by atoms with van der Waals surface area (Å²) in [5, 5.41) is -0.197. The molecule has 0 spiro atoms. The van der Waals surface area contributed by atoms with Crippen LogP contribution in [0.15, 0.2) is 46.9 Å². The van der Waals surface area contributed by atoms with Crippen molar-refractivity contribution in [3.8, 4) is 0 Å². The molecule has 2 nitrogen and oxygen atoms in total. The van der Waals surface area contributed by atoms with E-state index >= 15 is 0 Å².